The second-order valence-electron chi connectivity index (χ2n) is 5.07. The summed E-state index contributed by atoms with van der Waals surface area (Å²) >= 11 is 7.47. The SMILES string of the molecule is CN(C(=O)CSCc1cccc(Cl)c1)C1(C#N)CCC1. The minimum absolute atomic E-state index is 0.0262. The third-order valence-electron chi connectivity index (χ3n) is 3.79. The third-order valence-corrected chi connectivity index (χ3v) is 5.01. The van der Waals surface area contributed by atoms with Crippen molar-refractivity contribution in [2.45, 2.75) is 30.6 Å². The summed E-state index contributed by atoms with van der Waals surface area (Å²) in [6.07, 6.45) is 2.62. The molecule has 1 aliphatic rings. The van der Waals surface area contributed by atoms with E-state index in [0.717, 1.165) is 30.6 Å². The van der Waals surface area contributed by atoms with Crippen LogP contribution in [0.5, 0.6) is 0 Å². The van der Waals surface area contributed by atoms with Gasteiger partial charge in [0.05, 0.1) is 11.8 Å². The molecule has 0 unspecified atom stereocenters. The normalized spacial score (nSPS) is 16.1. The Morgan fingerprint density at radius 2 is 2.30 bits per heavy atom. The largest absolute Gasteiger partial charge is 0.326 e. The Hall–Kier alpha value is -1.18. The molecule has 0 heterocycles. The Kier molecular flexibility index (Phi) is 4.95. The molecule has 20 heavy (non-hydrogen) atoms. The number of hydrogen-bond donors (Lipinski definition) is 0. The van der Waals surface area contributed by atoms with E-state index in [0.29, 0.717) is 10.8 Å². The van der Waals surface area contributed by atoms with Gasteiger partial charge in [0.25, 0.3) is 0 Å². The van der Waals surface area contributed by atoms with Crippen LogP contribution in [0.3, 0.4) is 0 Å². The average Bonchev–Trinajstić information content (AvgIpc) is 2.38. The summed E-state index contributed by atoms with van der Waals surface area (Å²) in [7, 11) is 1.74. The molecule has 1 aliphatic carbocycles. The number of nitrogens with zero attached hydrogens (tertiary/aromatic N) is 2. The highest BCUT2D eigenvalue weighted by Gasteiger charge is 2.43. The molecule has 0 N–H and O–H groups in total. The minimum Gasteiger partial charge on any atom is -0.326 e. The van der Waals surface area contributed by atoms with Gasteiger partial charge in [-0.3, -0.25) is 4.79 Å². The predicted molar refractivity (Wildman–Crippen MR) is 82.6 cm³/mol. The molecule has 2 rings (SSSR count). The van der Waals surface area contributed by atoms with Crippen LogP contribution >= 0.6 is 23.4 Å². The molecule has 3 nitrogen and oxygen atoms in total. The molecule has 1 amide bonds. The van der Waals surface area contributed by atoms with Crippen LogP contribution < -0.4 is 0 Å². The van der Waals surface area contributed by atoms with Gasteiger partial charge in [-0.1, -0.05) is 23.7 Å². The van der Waals surface area contributed by atoms with Crippen LogP contribution in [0.1, 0.15) is 24.8 Å². The first-order chi connectivity index (χ1) is 9.57. The van der Waals surface area contributed by atoms with E-state index in [4.69, 9.17) is 11.6 Å². The van der Waals surface area contributed by atoms with Gasteiger partial charge in [-0.25, -0.2) is 0 Å². The lowest BCUT2D eigenvalue weighted by molar-refractivity contribution is -0.133. The van der Waals surface area contributed by atoms with Crippen LogP contribution in [0.25, 0.3) is 0 Å². The number of benzene rings is 1. The van der Waals surface area contributed by atoms with Crippen molar-refractivity contribution in [2.24, 2.45) is 0 Å². The third kappa shape index (κ3) is 3.28. The van der Waals surface area contributed by atoms with E-state index in [9.17, 15) is 10.1 Å². The van der Waals surface area contributed by atoms with Crippen molar-refractivity contribution in [3.8, 4) is 6.07 Å². The fourth-order valence-corrected chi connectivity index (χ4v) is 3.35. The van der Waals surface area contributed by atoms with Crippen LogP contribution in [-0.4, -0.2) is 29.1 Å². The first kappa shape index (κ1) is 15.2. The van der Waals surface area contributed by atoms with Crippen LogP contribution in [0.2, 0.25) is 5.02 Å². The summed E-state index contributed by atoms with van der Waals surface area (Å²) in [4.78, 5) is 13.8. The number of hydrogen-bond acceptors (Lipinski definition) is 3. The number of carbonyl (C=O) groups is 1. The molecule has 0 aliphatic heterocycles. The van der Waals surface area contributed by atoms with Gasteiger partial charge >= 0.3 is 0 Å². The molecule has 106 valence electrons. The van der Waals surface area contributed by atoms with Crippen LogP contribution in [-0.2, 0) is 10.5 Å². The van der Waals surface area contributed by atoms with Crippen molar-refractivity contribution in [3.63, 3.8) is 0 Å². The number of nitriles is 1. The first-order valence-corrected chi connectivity index (χ1v) is 8.11. The van der Waals surface area contributed by atoms with Gasteiger partial charge < -0.3 is 4.90 Å². The summed E-state index contributed by atoms with van der Waals surface area (Å²) in [6, 6.07) is 9.94. The zero-order valence-corrected chi connectivity index (χ0v) is 13.0. The van der Waals surface area contributed by atoms with Gasteiger partial charge in [0.15, 0.2) is 0 Å². The number of carbonyl (C=O) groups excluding carboxylic acids is 1. The number of halogens is 1. The Labute approximate surface area is 128 Å². The van der Waals surface area contributed by atoms with E-state index >= 15 is 0 Å². The molecular formula is C15H17ClN2OS. The van der Waals surface area contributed by atoms with E-state index in [1.54, 1.807) is 23.7 Å². The van der Waals surface area contributed by atoms with Crippen molar-refractivity contribution in [1.82, 2.24) is 4.90 Å². The topological polar surface area (TPSA) is 44.1 Å². The lowest BCUT2D eigenvalue weighted by Gasteiger charge is -2.42. The summed E-state index contributed by atoms with van der Waals surface area (Å²) in [6.45, 7) is 0. The molecule has 0 saturated heterocycles. The number of amides is 1. The fraction of sp³-hybridized carbons (Fsp3) is 0.467. The van der Waals surface area contributed by atoms with Gasteiger partial charge in [0, 0.05) is 17.8 Å². The Morgan fingerprint density at radius 3 is 2.85 bits per heavy atom. The van der Waals surface area contributed by atoms with E-state index in [1.165, 1.54) is 0 Å². The fourth-order valence-electron chi connectivity index (χ4n) is 2.25. The molecule has 0 bridgehead atoms. The maximum absolute atomic E-state index is 12.1. The molecule has 0 spiro atoms. The van der Waals surface area contributed by atoms with Crippen molar-refractivity contribution in [2.75, 3.05) is 12.8 Å². The standard InChI is InChI=1S/C15H17ClN2OS/c1-18(15(11-17)6-3-7-15)14(19)10-20-9-12-4-2-5-13(16)8-12/h2,4-5,8H,3,6-7,9-10H2,1H3. The molecular weight excluding hydrogens is 292 g/mol. The zero-order chi connectivity index (χ0) is 14.6. The molecule has 0 atom stereocenters. The smallest absolute Gasteiger partial charge is 0.233 e. The van der Waals surface area contributed by atoms with Gasteiger partial charge in [0.1, 0.15) is 5.54 Å². The van der Waals surface area contributed by atoms with Crippen molar-refractivity contribution in [1.29, 1.82) is 5.26 Å². The van der Waals surface area contributed by atoms with Crippen molar-refractivity contribution >= 4 is 29.3 Å². The number of rotatable bonds is 5. The summed E-state index contributed by atoms with van der Waals surface area (Å²) in [5, 5.41) is 9.94. The predicted octanol–water partition coefficient (Wildman–Crippen LogP) is 3.48. The second kappa shape index (κ2) is 6.51. The number of thioether (sulfide) groups is 1. The Morgan fingerprint density at radius 1 is 1.55 bits per heavy atom. The van der Waals surface area contributed by atoms with E-state index in [-0.39, 0.29) is 5.91 Å². The highest BCUT2D eigenvalue weighted by atomic mass is 35.5. The van der Waals surface area contributed by atoms with Crippen molar-refractivity contribution < 1.29 is 4.79 Å². The Balaban J connectivity index is 1.82. The van der Waals surface area contributed by atoms with E-state index < -0.39 is 5.54 Å². The van der Waals surface area contributed by atoms with Gasteiger partial charge in [0.2, 0.25) is 5.91 Å². The van der Waals surface area contributed by atoms with Gasteiger partial charge in [-0.05, 0) is 37.0 Å². The van der Waals surface area contributed by atoms with Crippen LogP contribution in [0, 0.1) is 11.3 Å². The first-order valence-electron chi connectivity index (χ1n) is 6.57. The molecule has 0 radical (unpaired) electrons. The molecule has 1 fully saturated rings. The van der Waals surface area contributed by atoms with Gasteiger partial charge in [-0.2, -0.15) is 5.26 Å². The molecule has 5 heteroatoms. The minimum atomic E-state index is -0.548. The highest BCUT2D eigenvalue weighted by molar-refractivity contribution is 7.99. The Bertz CT molecular complexity index is 537. The van der Waals surface area contributed by atoms with Crippen LogP contribution in [0.15, 0.2) is 24.3 Å². The lowest BCUT2D eigenvalue weighted by Crippen LogP contribution is -2.53. The second-order valence-corrected chi connectivity index (χ2v) is 6.49. The molecule has 1 aromatic carbocycles. The lowest BCUT2D eigenvalue weighted by atomic mass is 9.77. The zero-order valence-electron chi connectivity index (χ0n) is 11.4. The highest BCUT2D eigenvalue weighted by Crippen LogP contribution is 2.36. The van der Waals surface area contributed by atoms with Crippen LogP contribution in [0.4, 0.5) is 0 Å². The average molecular weight is 309 g/mol. The summed E-state index contributed by atoms with van der Waals surface area (Å²) in [5.41, 5.74) is 0.560. The van der Waals surface area contributed by atoms with Gasteiger partial charge in [-0.15, -0.1) is 11.8 Å². The quantitative estimate of drug-likeness (QED) is 0.836. The molecule has 1 saturated carbocycles. The molecule has 0 aromatic heterocycles. The summed E-state index contributed by atoms with van der Waals surface area (Å²) < 4.78 is 0. The van der Waals surface area contributed by atoms with E-state index in [2.05, 4.69) is 6.07 Å². The summed E-state index contributed by atoms with van der Waals surface area (Å²) in [5.74, 6) is 1.17. The molecule has 1 aromatic rings. The maximum Gasteiger partial charge on any atom is 0.233 e. The maximum atomic E-state index is 12.1. The van der Waals surface area contributed by atoms with E-state index in [1.807, 2.05) is 24.3 Å². The monoisotopic (exact) mass is 308 g/mol. The van der Waals surface area contributed by atoms with Crippen molar-refractivity contribution in [3.05, 3.63) is 34.9 Å².